The smallest absolute Gasteiger partial charge is 0.0954 e. The summed E-state index contributed by atoms with van der Waals surface area (Å²) in [6.45, 7) is 2.18. The van der Waals surface area contributed by atoms with E-state index in [1.807, 2.05) is 18.6 Å². The average molecular weight is 235 g/mol. The number of hydrogen-bond acceptors (Lipinski definition) is 1. The Morgan fingerprint density at radius 2 is 2.06 bits per heavy atom. The molecule has 1 atom stereocenters. The molecule has 0 radical (unpaired) electrons. The second-order valence-corrected chi connectivity index (χ2v) is 4.03. The van der Waals surface area contributed by atoms with E-state index in [-0.39, 0.29) is 0 Å². The number of halogens is 1. The molecule has 0 saturated carbocycles. The molecule has 0 amide bonds. The molecule has 0 aliphatic rings. The predicted molar refractivity (Wildman–Crippen MR) is 66.7 cm³/mol. The lowest BCUT2D eigenvalue weighted by Gasteiger charge is -2.19. The Kier molecular flexibility index (Phi) is 3.62. The third-order valence-corrected chi connectivity index (χ3v) is 3.06. The minimum atomic E-state index is 0.331. The fourth-order valence-electron chi connectivity index (χ4n) is 1.98. The van der Waals surface area contributed by atoms with E-state index in [2.05, 4.69) is 40.7 Å². The number of aromatic nitrogens is 2. The van der Waals surface area contributed by atoms with Crippen molar-refractivity contribution in [3.05, 3.63) is 54.1 Å². The van der Waals surface area contributed by atoms with Crippen LogP contribution >= 0.6 is 11.6 Å². The third kappa shape index (κ3) is 2.12. The molecule has 2 rings (SSSR count). The van der Waals surface area contributed by atoms with Gasteiger partial charge in [0, 0.05) is 6.20 Å². The van der Waals surface area contributed by atoms with Crippen molar-refractivity contribution in [3.63, 3.8) is 0 Å². The lowest BCUT2D eigenvalue weighted by Crippen LogP contribution is -2.10. The Morgan fingerprint density at radius 1 is 1.31 bits per heavy atom. The first kappa shape index (κ1) is 11.2. The zero-order chi connectivity index (χ0) is 11.4. The highest BCUT2D eigenvalue weighted by atomic mass is 35.5. The number of alkyl halides is 1. The van der Waals surface area contributed by atoms with Gasteiger partial charge in [-0.2, -0.15) is 0 Å². The topological polar surface area (TPSA) is 17.8 Å². The van der Waals surface area contributed by atoms with E-state index in [0.717, 1.165) is 12.1 Å². The molecular formula is C13H15ClN2. The van der Waals surface area contributed by atoms with Gasteiger partial charge in [-0.1, -0.05) is 37.3 Å². The van der Waals surface area contributed by atoms with Crippen molar-refractivity contribution >= 4 is 11.6 Å². The second-order valence-electron chi connectivity index (χ2n) is 3.76. The number of rotatable bonds is 4. The Morgan fingerprint density at radius 3 is 2.69 bits per heavy atom. The van der Waals surface area contributed by atoms with Gasteiger partial charge in [-0.15, -0.1) is 11.6 Å². The van der Waals surface area contributed by atoms with Crippen molar-refractivity contribution in [2.45, 2.75) is 25.3 Å². The van der Waals surface area contributed by atoms with Crippen molar-refractivity contribution in [1.29, 1.82) is 0 Å². The summed E-state index contributed by atoms with van der Waals surface area (Å²) < 4.78 is 2.16. The van der Waals surface area contributed by atoms with E-state index in [1.54, 1.807) is 0 Å². The van der Waals surface area contributed by atoms with E-state index in [4.69, 9.17) is 11.6 Å². The number of nitrogens with zero attached hydrogens (tertiary/aromatic N) is 2. The summed E-state index contributed by atoms with van der Waals surface area (Å²) >= 11 is 5.90. The molecule has 1 unspecified atom stereocenters. The zero-order valence-corrected chi connectivity index (χ0v) is 10.1. The maximum absolute atomic E-state index is 5.90. The summed E-state index contributed by atoms with van der Waals surface area (Å²) in [7, 11) is 0. The van der Waals surface area contributed by atoms with Gasteiger partial charge in [0.15, 0.2) is 0 Å². The normalized spacial score (nSPS) is 12.6. The Balaban J connectivity index is 2.37. The van der Waals surface area contributed by atoms with Gasteiger partial charge in [0.2, 0.25) is 0 Å². The maximum Gasteiger partial charge on any atom is 0.0954 e. The lowest BCUT2D eigenvalue weighted by molar-refractivity contribution is 0.553. The Labute approximate surface area is 101 Å². The van der Waals surface area contributed by atoms with Gasteiger partial charge in [-0.05, 0) is 12.0 Å². The van der Waals surface area contributed by atoms with E-state index in [0.29, 0.717) is 11.9 Å². The van der Waals surface area contributed by atoms with Gasteiger partial charge in [0.05, 0.1) is 23.9 Å². The summed E-state index contributed by atoms with van der Waals surface area (Å²) in [4.78, 5) is 4.17. The van der Waals surface area contributed by atoms with Gasteiger partial charge in [0.1, 0.15) is 0 Å². The van der Waals surface area contributed by atoms with Crippen molar-refractivity contribution in [1.82, 2.24) is 9.55 Å². The highest BCUT2D eigenvalue weighted by molar-refractivity contribution is 6.16. The molecule has 1 aromatic heterocycles. The Bertz CT molecular complexity index is 436. The monoisotopic (exact) mass is 234 g/mol. The number of hydrogen-bond donors (Lipinski definition) is 0. The first-order chi connectivity index (χ1) is 7.86. The zero-order valence-electron chi connectivity index (χ0n) is 9.31. The molecule has 1 aromatic carbocycles. The van der Waals surface area contributed by atoms with Crippen molar-refractivity contribution in [2.75, 3.05) is 0 Å². The molecule has 0 fully saturated rings. The van der Waals surface area contributed by atoms with Crippen LogP contribution in [0.1, 0.15) is 30.6 Å². The van der Waals surface area contributed by atoms with Crippen LogP contribution in [-0.2, 0) is 5.88 Å². The predicted octanol–water partition coefficient (Wildman–Crippen LogP) is 3.62. The average Bonchev–Trinajstić information content (AvgIpc) is 2.80. The van der Waals surface area contributed by atoms with E-state index in [9.17, 15) is 0 Å². The van der Waals surface area contributed by atoms with Gasteiger partial charge in [-0.3, -0.25) is 0 Å². The van der Waals surface area contributed by atoms with Crippen molar-refractivity contribution in [3.8, 4) is 0 Å². The molecule has 0 bridgehead atoms. The standard InChI is InChI=1S/C13H15ClN2/c1-2-13(11-6-4-3-5-7-11)16-10-15-9-12(16)8-14/h3-7,9-10,13H,2,8H2,1H3. The molecule has 0 N–H and O–H groups in total. The molecule has 0 aliphatic carbocycles. The largest absolute Gasteiger partial charge is 0.326 e. The van der Waals surface area contributed by atoms with Crippen LogP contribution < -0.4 is 0 Å². The van der Waals surface area contributed by atoms with E-state index < -0.39 is 0 Å². The third-order valence-electron chi connectivity index (χ3n) is 2.79. The molecule has 84 valence electrons. The van der Waals surface area contributed by atoms with E-state index >= 15 is 0 Å². The van der Waals surface area contributed by atoms with Gasteiger partial charge in [-0.25, -0.2) is 4.98 Å². The van der Waals surface area contributed by atoms with Crippen LogP contribution in [0.4, 0.5) is 0 Å². The molecule has 2 aromatic rings. The van der Waals surface area contributed by atoms with Gasteiger partial charge >= 0.3 is 0 Å². The maximum atomic E-state index is 5.90. The molecule has 1 heterocycles. The first-order valence-corrected chi connectivity index (χ1v) is 6.02. The molecule has 0 spiro atoms. The fourth-order valence-corrected chi connectivity index (χ4v) is 2.19. The lowest BCUT2D eigenvalue weighted by atomic mass is 10.0. The molecular weight excluding hydrogens is 220 g/mol. The number of benzene rings is 1. The summed E-state index contributed by atoms with van der Waals surface area (Å²) in [6, 6.07) is 10.8. The van der Waals surface area contributed by atoms with Gasteiger partial charge in [0.25, 0.3) is 0 Å². The first-order valence-electron chi connectivity index (χ1n) is 5.48. The Hall–Kier alpha value is -1.28. The fraction of sp³-hybridized carbons (Fsp3) is 0.308. The van der Waals surface area contributed by atoms with Crippen LogP contribution in [0.3, 0.4) is 0 Å². The minimum absolute atomic E-state index is 0.331. The summed E-state index contributed by atoms with van der Waals surface area (Å²) in [5.74, 6) is 0.503. The van der Waals surface area contributed by atoms with Crippen LogP contribution in [0.15, 0.2) is 42.9 Å². The summed E-state index contributed by atoms with van der Waals surface area (Å²) in [5.41, 5.74) is 2.37. The quantitative estimate of drug-likeness (QED) is 0.739. The molecule has 16 heavy (non-hydrogen) atoms. The van der Waals surface area contributed by atoms with E-state index in [1.165, 1.54) is 5.56 Å². The summed E-state index contributed by atoms with van der Waals surface area (Å²) in [6.07, 6.45) is 4.72. The van der Waals surface area contributed by atoms with Crippen LogP contribution in [-0.4, -0.2) is 9.55 Å². The van der Waals surface area contributed by atoms with Crippen LogP contribution in [0, 0.1) is 0 Å². The van der Waals surface area contributed by atoms with Crippen molar-refractivity contribution < 1.29 is 0 Å². The van der Waals surface area contributed by atoms with Crippen LogP contribution in [0.5, 0.6) is 0 Å². The highest BCUT2D eigenvalue weighted by Crippen LogP contribution is 2.23. The molecule has 0 aliphatic heterocycles. The summed E-state index contributed by atoms with van der Waals surface area (Å²) in [5, 5.41) is 0. The van der Waals surface area contributed by atoms with Crippen molar-refractivity contribution in [2.24, 2.45) is 0 Å². The minimum Gasteiger partial charge on any atom is -0.326 e. The van der Waals surface area contributed by atoms with Crippen LogP contribution in [0.2, 0.25) is 0 Å². The van der Waals surface area contributed by atoms with Gasteiger partial charge < -0.3 is 4.57 Å². The molecule has 2 nitrogen and oxygen atoms in total. The molecule has 3 heteroatoms. The van der Waals surface area contributed by atoms with Crippen LogP contribution in [0.25, 0.3) is 0 Å². The molecule has 0 saturated heterocycles. The highest BCUT2D eigenvalue weighted by Gasteiger charge is 2.13. The number of imidazole rings is 1. The SMILES string of the molecule is CCC(c1ccccc1)n1cncc1CCl. The second kappa shape index (κ2) is 5.17.